The summed E-state index contributed by atoms with van der Waals surface area (Å²) in [6.07, 6.45) is 1.04. The molecule has 0 aliphatic carbocycles. The highest BCUT2D eigenvalue weighted by molar-refractivity contribution is 7.10. The van der Waals surface area contributed by atoms with Gasteiger partial charge in [0, 0.05) is 11.6 Å². The molecule has 0 aliphatic heterocycles. The molecule has 2 aromatic rings. The van der Waals surface area contributed by atoms with Gasteiger partial charge in [-0.05, 0) is 44.2 Å². The van der Waals surface area contributed by atoms with Gasteiger partial charge in [0.25, 0.3) is 5.91 Å². The van der Waals surface area contributed by atoms with Crippen LogP contribution in [0.4, 0.5) is 0 Å². The Bertz CT molecular complexity index is 605. The van der Waals surface area contributed by atoms with E-state index in [4.69, 9.17) is 0 Å². The quantitative estimate of drug-likeness (QED) is 0.805. The van der Waals surface area contributed by atoms with Gasteiger partial charge in [0.2, 0.25) is 0 Å². The number of rotatable bonds is 7. The molecule has 2 atom stereocenters. The zero-order valence-corrected chi connectivity index (χ0v) is 15.2. The van der Waals surface area contributed by atoms with Crippen LogP contribution < -0.4 is 10.6 Å². The molecule has 1 aromatic carbocycles. The van der Waals surface area contributed by atoms with Crippen molar-refractivity contribution < 1.29 is 10.1 Å². The minimum Gasteiger partial charge on any atom is -0.349 e. The fraction of sp³-hybridized carbons (Fsp3) is 0.421. The van der Waals surface area contributed by atoms with Crippen molar-refractivity contribution in [2.24, 2.45) is 0 Å². The third-order valence-electron chi connectivity index (χ3n) is 3.92. The topological polar surface area (TPSA) is 45.7 Å². The minimum absolute atomic E-state index is 0.0896. The van der Waals surface area contributed by atoms with Gasteiger partial charge in [-0.2, -0.15) is 0 Å². The van der Waals surface area contributed by atoms with Crippen molar-refractivity contribution >= 4 is 17.2 Å². The van der Waals surface area contributed by atoms with Crippen molar-refractivity contribution in [3.8, 4) is 0 Å². The van der Waals surface area contributed by atoms with Crippen LogP contribution in [0.5, 0.6) is 0 Å². The Labute approximate surface area is 143 Å². The van der Waals surface area contributed by atoms with Gasteiger partial charge in [0.15, 0.2) is 6.04 Å². The molecule has 0 saturated carbocycles. The largest absolute Gasteiger partial charge is 0.349 e. The number of carbonyl (C=O) groups is 1. The summed E-state index contributed by atoms with van der Waals surface area (Å²) in [5.41, 5.74) is 2.58. The molecule has 1 aromatic heterocycles. The van der Waals surface area contributed by atoms with E-state index < -0.39 is 0 Å². The molecule has 0 aliphatic rings. The van der Waals surface area contributed by atoms with Gasteiger partial charge in [0.05, 0.1) is 4.88 Å². The number of hydrogen-bond donors (Lipinski definition) is 2. The Morgan fingerprint density at radius 2 is 1.87 bits per heavy atom. The van der Waals surface area contributed by atoms with E-state index in [9.17, 15) is 4.79 Å². The molecule has 1 amide bonds. The first-order chi connectivity index (χ1) is 11.0. The number of hydrogen-bond acceptors (Lipinski definition) is 2. The highest BCUT2D eigenvalue weighted by Crippen LogP contribution is 2.23. The van der Waals surface area contributed by atoms with Gasteiger partial charge in [-0.25, -0.2) is 0 Å². The molecule has 0 spiro atoms. The molecule has 0 radical (unpaired) electrons. The van der Waals surface area contributed by atoms with E-state index in [2.05, 4.69) is 59.3 Å². The van der Waals surface area contributed by atoms with Gasteiger partial charge in [-0.15, -0.1) is 11.3 Å². The van der Waals surface area contributed by atoms with Gasteiger partial charge >= 0.3 is 0 Å². The standard InChI is InChI=1S/C19H26N2OS/c1-5-15-8-10-16(11-9-15)18(17-7-6-12-23-17)21-14(4)19(22)20-13(2)3/h6-14,18,21H,5H2,1-4H3,(H,20,22)/p+1/t14-,18+/m1/s1. The summed E-state index contributed by atoms with van der Waals surface area (Å²) < 4.78 is 0. The van der Waals surface area contributed by atoms with E-state index in [-0.39, 0.29) is 24.0 Å². The third-order valence-corrected chi connectivity index (χ3v) is 4.88. The van der Waals surface area contributed by atoms with E-state index >= 15 is 0 Å². The number of quaternary nitrogens is 1. The Morgan fingerprint density at radius 3 is 2.39 bits per heavy atom. The summed E-state index contributed by atoms with van der Waals surface area (Å²) in [5.74, 6) is 0.0896. The summed E-state index contributed by atoms with van der Waals surface area (Å²) >= 11 is 1.74. The number of benzene rings is 1. The first-order valence-corrected chi connectivity index (χ1v) is 9.16. The Hall–Kier alpha value is -1.65. The number of nitrogens with two attached hydrogens (primary N) is 1. The molecule has 4 heteroatoms. The van der Waals surface area contributed by atoms with Gasteiger partial charge in [-0.1, -0.05) is 37.3 Å². The van der Waals surface area contributed by atoms with Gasteiger partial charge in [-0.3, -0.25) is 4.79 Å². The molecule has 3 nitrogen and oxygen atoms in total. The van der Waals surface area contributed by atoms with Crippen molar-refractivity contribution in [1.29, 1.82) is 0 Å². The van der Waals surface area contributed by atoms with Crippen molar-refractivity contribution in [3.05, 3.63) is 57.8 Å². The van der Waals surface area contributed by atoms with Gasteiger partial charge < -0.3 is 10.6 Å². The number of carbonyl (C=O) groups excluding carboxylic acids is 1. The average molecular weight is 332 g/mol. The molecule has 124 valence electrons. The molecule has 3 N–H and O–H groups in total. The zero-order valence-electron chi connectivity index (χ0n) is 14.4. The Balaban J connectivity index is 2.19. The van der Waals surface area contributed by atoms with Crippen LogP contribution in [0.15, 0.2) is 41.8 Å². The van der Waals surface area contributed by atoms with Crippen LogP contribution in [0.25, 0.3) is 0 Å². The Kier molecular flexibility index (Phi) is 6.37. The molecule has 0 fully saturated rings. The van der Waals surface area contributed by atoms with Crippen LogP contribution >= 0.6 is 11.3 Å². The van der Waals surface area contributed by atoms with Gasteiger partial charge in [0.1, 0.15) is 6.04 Å². The molecule has 2 rings (SSSR count). The van der Waals surface area contributed by atoms with Crippen LogP contribution in [0.3, 0.4) is 0 Å². The lowest BCUT2D eigenvalue weighted by molar-refractivity contribution is -0.704. The molecular weight excluding hydrogens is 304 g/mol. The van der Waals surface area contributed by atoms with Crippen molar-refractivity contribution in [3.63, 3.8) is 0 Å². The summed E-state index contributed by atoms with van der Waals surface area (Å²) in [5, 5.41) is 7.25. The lowest BCUT2D eigenvalue weighted by Gasteiger charge is -2.20. The minimum atomic E-state index is -0.129. The summed E-state index contributed by atoms with van der Waals surface area (Å²) in [4.78, 5) is 13.5. The van der Waals surface area contributed by atoms with Crippen molar-refractivity contribution in [1.82, 2.24) is 5.32 Å². The predicted molar refractivity (Wildman–Crippen MR) is 96.6 cm³/mol. The second-order valence-electron chi connectivity index (χ2n) is 6.23. The lowest BCUT2D eigenvalue weighted by atomic mass is 10.0. The number of aryl methyl sites for hydroxylation is 1. The predicted octanol–water partition coefficient (Wildman–Crippen LogP) is 2.88. The van der Waals surface area contributed by atoms with Crippen LogP contribution in [-0.4, -0.2) is 18.0 Å². The van der Waals surface area contributed by atoms with Crippen LogP contribution in [0.2, 0.25) is 0 Å². The maximum Gasteiger partial charge on any atom is 0.278 e. The molecule has 1 heterocycles. The summed E-state index contributed by atoms with van der Waals surface area (Å²) in [7, 11) is 0. The lowest BCUT2D eigenvalue weighted by Crippen LogP contribution is -2.92. The maximum absolute atomic E-state index is 12.3. The summed E-state index contributed by atoms with van der Waals surface area (Å²) in [6, 6.07) is 13.2. The van der Waals surface area contributed by atoms with Crippen molar-refractivity contribution in [2.75, 3.05) is 0 Å². The monoisotopic (exact) mass is 331 g/mol. The molecular formula is C19H27N2OS+. The average Bonchev–Trinajstić information content (AvgIpc) is 3.06. The Morgan fingerprint density at radius 1 is 1.17 bits per heavy atom. The smallest absolute Gasteiger partial charge is 0.278 e. The van der Waals surface area contributed by atoms with Crippen molar-refractivity contribution in [2.45, 2.75) is 52.2 Å². The number of nitrogens with one attached hydrogen (secondary N) is 1. The fourth-order valence-corrected chi connectivity index (χ4v) is 3.42. The first kappa shape index (κ1) is 17.7. The first-order valence-electron chi connectivity index (χ1n) is 8.28. The van der Waals surface area contributed by atoms with Crippen LogP contribution in [0, 0.1) is 0 Å². The number of amides is 1. The second-order valence-corrected chi connectivity index (χ2v) is 7.21. The normalized spacial score (nSPS) is 13.8. The third kappa shape index (κ3) is 4.91. The van der Waals surface area contributed by atoms with E-state index in [1.807, 2.05) is 20.8 Å². The van der Waals surface area contributed by atoms with Crippen LogP contribution in [0.1, 0.15) is 49.7 Å². The molecule has 23 heavy (non-hydrogen) atoms. The number of thiophene rings is 1. The fourth-order valence-electron chi connectivity index (χ4n) is 2.59. The van der Waals surface area contributed by atoms with Crippen LogP contribution in [-0.2, 0) is 11.2 Å². The zero-order chi connectivity index (χ0) is 16.8. The molecule has 0 bridgehead atoms. The molecule has 0 saturated heterocycles. The maximum atomic E-state index is 12.3. The highest BCUT2D eigenvalue weighted by Gasteiger charge is 2.25. The van der Waals surface area contributed by atoms with E-state index in [1.165, 1.54) is 16.0 Å². The van der Waals surface area contributed by atoms with E-state index in [0.29, 0.717) is 0 Å². The summed E-state index contributed by atoms with van der Waals surface area (Å²) in [6.45, 7) is 8.12. The molecule has 0 unspecified atom stereocenters. The second kappa shape index (κ2) is 8.27. The van der Waals surface area contributed by atoms with E-state index in [1.54, 1.807) is 11.3 Å². The SMILES string of the molecule is CCc1ccc([C@H]([NH2+][C@H](C)C(=O)NC(C)C)c2cccs2)cc1. The highest BCUT2D eigenvalue weighted by atomic mass is 32.1. The van der Waals surface area contributed by atoms with E-state index in [0.717, 1.165) is 6.42 Å².